The number of hydrogen-bond donors (Lipinski definition) is 0. The number of hydrogen-bond acceptors (Lipinski definition) is 3. The van der Waals surface area contributed by atoms with Gasteiger partial charge in [-0.25, -0.2) is 9.13 Å². The molecular formula is C12H13N4O+. The van der Waals surface area contributed by atoms with Crippen molar-refractivity contribution < 1.29 is 9.30 Å². The lowest BCUT2D eigenvalue weighted by molar-refractivity contribution is -0.657. The maximum Gasteiger partial charge on any atom is 0.421 e. The summed E-state index contributed by atoms with van der Waals surface area (Å²) in [7, 11) is 5.42. The van der Waals surface area contributed by atoms with Crippen LogP contribution in [0.3, 0.4) is 0 Å². The molecule has 0 aromatic carbocycles. The van der Waals surface area contributed by atoms with Crippen molar-refractivity contribution in [3.8, 4) is 0 Å². The number of ether oxygens (including phenoxy) is 1. The van der Waals surface area contributed by atoms with Crippen LogP contribution >= 0.6 is 0 Å². The standard InChI is InChI=1S/C12H13N4O/c1-15-8-9-16(2)12(15)14-13-10-4-6-11(17-3)7-5-10/h4,6,8-9H,1-3H3/q+1. The fourth-order valence-corrected chi connectivity index (χ4v) is 1.36. The predicted octanol–water partition coefficient (Wildman–Crippen LogP) is 1.67. The quantitative estimate of drug-likeness (QED) is 0.441. The molecule has 1 aromatic heterocycles. The number of aromatic nitrogens is 2. The lowest BCUT2D eigenvalue weighted by Gasteiger charge is -1.96. The molecule has 1 aliphatic rings. The molecule has 86 valence electrons. The van der Waals surface area contributed by atoms with E-state index in [4.69, 9.17) is 4.74 Å². The number of imidazole rings is 1. The van der Waals surface area contributed by atoms with Gasteiger partial charge in [-0.1, -0.05) is 5.11 Å². The molecule has 0 fully saturated rings. The minimum Gasteiger partial charge on any atom is -0.489 e. The van der Waals surface area contributed by atoms with Crippen molar-refractivity contribution in [2.24, 2.45) is 24.3 Å². The Hall–Kier alpha value is -2.35. The van der Waals surface area contributed by atoms with Crippen molar-refractivity contribution in [2.45, 2.75) is 0 Å². The summed E-state index contributed by atoms with van der Waals surface area (Å²) in [6, 6.07) is 0. The summed E-state index contributed by atoms with van der Waals surface area (Å²) in [5.74, 6) is 1.39. The minimum absolute atomic E-state index is 0.618. The molecular weight excluding hydrogens is 216 g/mol. The highest BCUT2D eigenvalue weighted by atomic mass is 16.5. The van der Waals surface area contributed by atoms with E-state index < -0.39 is 0 Å². The first-order valence-electron chi connectivity index (χ1n) is 5.11. The number of aryl methyl sites for hydroxylation is 2. The maximum absolute atomic E-state index is 4.99. The molecule has 0 radical (unpaired) electrons. The second-order valence-electron chi connectivity index (χ2n) is 3.56. The Morgan fingerprint density at radius 1 is 1.29 bits per heavy atom. The van der Waals surface area contributed by atoms with Gasteiger partial charge in [0, 0.05) is 5.11 Å². The van der Waals surface area contributed by atoms with Crippen LogP contribution in [0.2, 0.25) is 0 Å². The molecule has 0 atom stereocenters. The van der Waals surface area contributed by atoms with Gasteiger partial charge in [-0.2, -0.15) is 0 Å². The van der Waals surface area contributed by atoms with Gasteiger partial charge in [-0.3, -0.25) is 0 Å². The van der Waals surface area contributed by atoms with E-state index in [0.717, 1.165) is 5.95 Å². The molecule has 1 aromatic rings. The normalized spacial score (nSPS) is 14.1. The topological polar surface area (TPSA) is 42.8 Å². The first-order chi connectivity index (χ1) is 8.20. The molecule has 1 aliphatic carbocycles. The smallest absolute Gasteiger partial charge is 0.421 e. The molecule has 0 aliphatic heterocycles. The van der Waals surface area contributed by atoms with Gasteiger partial charge < -0.3 is 4.74 Å². The Bertz CT molecular complexity index is 575. The fraction of sp³-hybridized carbons (Fsp3) is 0.250. The van der Waals surface area contributed by atoms with Crippen molar-refractivity contribution in [1.82, 2.24) is 4.57 Å². The van der Waals surface area contributed by atoms with Crippen LogP contribution in [-0.2, 0) is 18.8 Å². The van der Waals surface area contributed by atoms with Gasteiger partial charge in [0.15, 0.2) is 11.5 Å². The highest BCUT2D eigenvalue weighted by Crippen LogP contribution is 2.10. The van der Waals surface area contributed by atoms with E-state index in [0.29, 0.717) is 11.5 Å². The maximum atomic E-state index is 4.99. The van der Waals surface area contributed by atoms with E-state index in [2.05, 4.69) is 21.7 Å². The molecule has 0 unspecified atom stereocenters. The summed E-state index contributed by atoms with van der Waals surface area (Å²) >= 11 is 0. The molecule has 5 heteroatoms. The van der Waals surface area contributed by atoms with Crippen molar-refractivity contribution >= 4 is 5.95 Å². The van der Waals surface area contributed by atoms with Crippen molar-refractivity contribution in [1.29, 1.82) is 0 Å². The van der Waals surface area contributed by atoms with Crippen LogP contribution in [0.25, 0.3) is 0 Å². The number of rotatable bonds is 3. The number of azo groups is 1. The molecule has 0 amide bonds. The molecule has 1 heterocycles. The van der Waals surface area contributed by atoms with Gasteiger partial charge in [-0.05, 0) is 23.6 Å². The Morgan fingerprint density at radius 3 is 2.65 bits per heavy atom. The van der Waals surface area contributed by atoms with Crippen LogP contribution in [0.15, 0.2) is 57.7 Å². The average Bonchev–Trinajstić information content (AvgIpc) is 2.67. The Morgan fingerprint density at radius 2 is 2.12 bits per heavy atom. The predicted molar refractivity (Wildman–Crippen MR) is 61.3 cm³/mol. The van der Waals surface area contributed by atoms with Crippen molar-refractivity contribution in [3.05, 3.63) is 47.5 Å². The number of nitrogens with zero attached hydrogens (tertiary/aromatic N) is 4. The second kappa shape index (κ2) is 4.66. The van der Waals surface area contributed by atoms with E-state index in [9.17, 15) is 0 Å². The van der Waals surface area contributed by atoms with Gasteiger partial charge >= 0.3 is 5.95 Å². The highest BCUT2D eigenvalue weighted by Gasteiger charge is 2.10. The van der Waals surface area contributed by atoms with Crippen LogP contribution in [0.5, 0.6) is 0 Å². The van der Waals surface area contributed by atoms with Gasteiger partial charge in [0.05, 0.1) is 33.6 Å². The molecule has 2 rings (SSSR count). The van der Waals surface area contributed by atoms with Crippen molar-refractivity contribution in [2.75, 3.05) is 7.11 Å². The van der Waals surface area contributed by atoms with Gasteiger partial charge in [0.2, 0.25) is 0 Å². The number of methoxy groups -OCH3 is 1. The van der Waals surface area contributed by atoms with Crippen LogP contribution in [-0.4, -0.2) is 11.7 Å². The lowest BCUT2D eigenvalue weighted by Crippen LogP contribution is -2.25. The van der Waals surface area contributed by atoms with Gasteiger partial charge in [0.25, 0.3) is 0 Å². The summed E-state index contributed by atoms with van der Waals surface area (Å²) in [4.78, 5) is 0. The third-order valence-electron chi connectivity index (χ3n) is 2.32. The average molecular weight is 229 g/mol. The van der Waals surface area contributed by atoms with E-state index in [1.54, 1.807) is 19.3 Å². The molecule has 0 bridgehead atoms. The lowest BCUT2D eigenvalue weighted by atomic mass is 10.3. The zero-order valence-electron chi connectivity index (χ0n) is 10.0. The fourth-order valence-electron chi connectivity index (χ4n) is 1.36. The Kier molecular flexibility index (Phi) is 3.06. The van der Waals surface area contributed by atoms with Crippen molar-refractivity contribution in [3.63, 3.8) is 0 Å². The first-order valence-corrected chi connectivity index (χ1v) is 5.11. The summed E-state index contributed by atoms with van der Waals surface area (Å²) in [5, 5.41) is 8.24. The van der Waals surface area contributed by atoms with E-state index in [1.807, 2.05) is 35.6 Å². The molecule has 0 saturated heterocycles. The molecule has 0 saturated carbocycles. The Labute approximate surface area is 99.4 Å². The largest absolute Gasteiger partial charge is 0.489 e. The van der Waals surface area contributed by atoms with Gasteiger partial charge in [-0.15, -0.1) is 0 Å². The zero-order chi connectivity index (χ0) is 12.3. The molecule has 0 spiro atoms. The van der Waals surface area contributed by atoms with E-state index in [-0.39, 0.29) is 0 Å². The Balaban J connectivity index is 2.27. The van der Waals surface area contributed by atoms with Gasteiger partial charge in [0.1, 0.15) is 0 Å². The summed E-state index contributed by atoms with van der Waals surface area (Å²) in [6.45, 7) is 0. The molecule has 17 heavy (non-hydrogen) atoms. The summed E-state index contributed by atoms with van der Waals surface area (Å²) in [6.07, 6.45) is 7.38. The van der Waals surface area contributed by atoms with Crippen LogP contribution in [0, 0.1) is 0 Å². The SMILES string of the molecule is COC1=C=C=C(/N=N/c2n(C)cc[n+]2C)C=C1. The third kappa shape index (κ3) is 2.42. The van der Waals surface area contributed by atoms with Crippen LogP contribution in [0.1, 0.15) is 0 Å². The van der Waals surface area contributed by atoms with Crippen LogP contribution in [0.4, 0.5) is 5.95 Å². The van der Waals surface area contributed by atoms with E-state index in [1.165, 1.54) is 0 Å². The van der Waals surface area contributed by atoms with E-state index >= 15 is 0 Å². The highest BCUT2D eigenvalue weighted by molar-refractivity contribution is 5.28. The monoisotopic (exact) mass is 229 g/mol. The summed E-state index contributed by atoms with van der Waals surface area (Å²) in [5.41, 5.74) is 6.31. The minimum atomic E-state index is 0.618. The zero-order valence-corrected chi connectivity index (χ0v) is 10.0. The third-order valence-corrected chi connectivity index (χ3v) is 2.32. The van der Waals surface area contributed by atoms with Crippen LogP contribution < -0.4 is 4.57 Å². The molecule has 0 N–H and O–H groups in total. The first kappa shape index (κ1) is 11.1. The molecule has 5 nitrogen and oxygen atoms in total. The summed E-state index contributed by atoms with van der Waals surface area (Å²) < 4.78 is 8.76. The second-order valence-corrected chi connectivity index (χ2v) is 3.56. The number of allylic oxidation sites excluding steroid dienone is 2.